The summed E-state index contributed by atoms with van der Waals surface area (Å²) >= 11 is 3.60. The Balaban J connectivity index is 1.90. The highest BCUT2D eigenvalue weighted by Gasteiger charge is 2.30. The van der Waals surface area contributed by atoms with E-state index in [2.05, 4.69) is 15.9 Å². The molecule has 156 valence electrons. The maximum Gasteiger partial charge on any atom is 0.213 e. The first kappa shape index (κ1) is 20.7. The summed E-state index contributed by atoms with van der Waals surface area (Å²) in [5, 5.41) is 5.26. The van der Waals surface area contributed by atoms with Crippen LogP contribution in [0.25, 0.3) is 11.1 Å². The Bertz CT molecular complexity index is 1230. The highest BCUT2D eigenvalue weighted by atomic mass is 79.9. The number of hydrogen-bond donors (Lipinski definition) is 1. The molecular weight excluding hydrogens is 470 g/mol. The molecule has 0 saturated heterocycles. The van der Waals surface area contributed by atoms with Gasteiger partial charge in [-0.15, -0.1) is 0 Å². The summed E-state index contributed by atoms with van der Waals surface area (Å²) in [6.07, 6.45) is -0.456. The largest absolute Gasteiger partial charge is 0.493 e. The van der Waals surface area contributed by atoms with Crippen LogP contribution in [0.15, 0.2) is 59.1 Å². The lowest BCUT2D eigenvalue weighted by atomic mass is 9.88. The average Bonchev–Trinajstić information content (AvgIpc) is 2.71. The van der Waals surface area contributed by atoms with Crippen LogP contribution in [0.2, 0.25) is 0 Å². The second-order valence-electron chi connectivity index (χ2n) is 6.95. The number of sulfonamides is 1. The van der Waals surface area contributed by atoms with Crippen molar-refractivity contribution in [3.8, 4) is 28.4 Å². The molecule has 0 bridgehead atoms. The summed E-state index contributed by atoms with van der Waals surface area (Å²) in [6, 6.07) is 16.9. The summed E-state index contributed by atoms with van der Waals surface area (Å²) < 4.78 is 41.3. The van der Waals surface area contributed by atoms with Crippen LogP contribution in [-0.4, -0.2) is 22.6 Å². The smallest absolute Gasteiger partial charge is 0.213 e. The molecule has 3 aromatic carbocycles. The van der Waals surface area contributed by atoms with Crippen molar-refractivity contribution in [2.24, 2.45) is 5.14 Å². The van der Waals surface area contributed by atoms with Gasteiger partial charge in [-0.1, -0.05) is 46.3 Å². The number of rotatable bonds is 5. The molecule has 8 heteroatoms. The Labute approximate surface area is 183 Å². The molecule has 30 heavy (non-hydrogen) atoms. The predicted octanol–water partition coefficient (Wildman–Crippen LogP) is 4.40. The molecule has 0 radical (unpaired) electrons. The van der Waals surface area contributed by atoms with Gasteiger partial charge in [0.1, 0.15) is 11.9 Å². The van der Waals surface area contributed by atoms with Gasteiger partial charge in [0, 0.05) is 21.2 Å². The minimum atomic E-state index is -3.66. The van der Waals surface area contributed by atoms with Gasteiger partial charge in [0.15, 0.2) is 11.5 Å². The molecule has 1 atom stereocenters. The molecule has 0 amide bonds. The summed E-state index contributed by atoms with van der Waals surface area (Å²) in [4.78, 5) is 0. The maximum atomic E-state index is 11.6. The fraction of sp³-hybridized carbons (Fsp3) is 0.182. The number of primary sulfonamides is 1. The van der Waals surface area contributed by atoms with Crippen molar-refractivity contribution in [3.63, 3.8) is 0 Å². The van der Waals surface area contributed by atoms with Gasteiger partial charge in [-0.3, -0.25) is 0 Å². The average molecular weight is 490 g/mol. The van der Waals surface area contributed by atoms with Gasteiger partial charge in [-0.2, -0.15) is 0 Å². The van der Waals surface area contributed by atoms with E-state index in [1.807, 2.05) is 48.5 Å². The van der Waals surface area contributed by atoms with E-state index in [9.17, 15) is 8.42 Å². The van der Waals surface area contributed by atoms with E-state index in [0.29, 0.717) is 17.1 Å². The number of hydrogen-bond acceptors (Lipinski definition) is 5. The van der Waals surface area contributed by atoms with Crippen molar-refractivity contribution in [1.29, 1.82) is 0 Å². The second-order valence-corrected chi connectivity index (χ2v) is 9.42. The van der Waals surface area contributed by atoms with Crippen molar-refractivity contribution in [2.45, 2.75) is 11.9 Å². The van der Waals surface area contributed by atoms with Gasteiger partial charge in [0.2, 0.25) is 10.0 Å². The highest BCUT2D eigenvalue weighted by molar-refractivity contribution is 9.10. The standard InChI is InChI=1S/C22H20BrNO5S/c1-27-18-9-7-14(11-20(18)28-2)22-16-10-13(12-30(24,25)26)6-8-15(16)21-17(23)4-3-5-19(21)29-22/h3-11,22H,12H2,1-2H3,(H2,24,25,26). The fourth-order valence-corrected chi connectivity index (χ4v) is 4.90. The maximum absolute atomic E-state index is 11.6. The molecular formula is C22H20BrNO5S. The molecule has 0 aromatic heterocycles. The van der Waals surface area contributed by atoms with Crippen LogP contribution in [0.1, 0.15) is 22.8 Å². The quantitative estimate of drug-likeness (QED) is 0.573. The summed E-state index contributed by atoms with van der Waals surface area (Å²) in [5.74, 6) is 1.68. The number of methoxy groups -OCH3 is 2. The lowest BCUT2D eigenvalue weighted by Crippen LogP contribution is -2.18. The number of fused-ring (bicyclic) bond motifs is 3. The van der Waals surface area contributed by atoms with Crippen molar-refractivity contribution < 1.29 is 22.6 Å². The summed E-state index contributed by atoms with van der Waals surface area (Å²) in [6.45, 7) is 0. The number of halogens is 1. The molecule has 0 fully saturated rings. The molecule has 0 aliphatic carbocycles. The Hall–Kier alpha value is -2.55. The van der Waals surface area contributed by atoms with E-state index in [4.69, 9.17) is 19.3 Å². The number of nitrogens with two attached hydrogens (primary N) is 1. The van der Waals surface area contributed by atoms with E-state index < -0.39 is 16.1 Å². The molecule has 1 heterocycles. The minimum Gasteiger partial charge on any atom is -0.493 e. The minimum absolute atomic E-state index is 0.248. The van der Waals surface area contributed by atoms with Gasteiger partial charge < -0.3 is 14.2 Å². The van der Waals surface area contributed by atoms with Gasteiger partial charge in [0.05, 0.1) is 20.0 Å². The van der Waals surface area contributed by atoms with Crippen molar-refractivity contribution in [3.05, 3.63) is 75.8 Å². The summed E-state index contributed by atoms with van der Waals surface area (Å²) in [7, 11) is -0.503. The first-order valence-corrected chi connectivity index (χ1v) is 11.6. The van der Waals surface area contributed by atoms with E-state index in [0.717, 1.165) is 32.5 Å². The highest BCUT2D eigenvalue weighted by Crippen LogP contribution is 2.48. The van der Waals surface area contributed by atoms with Crippen molar-refractivity contribution >= 4 is 26.0 Å². The van der Waals surface area contributed by atoms with E-state index in [1.54, 1.807) is 20.3 Å². The Morgan fingerprint density at radius 2 is 1.80 bits per heavy atom. The number of benzene rings is 3. The van der Waals surface area contributed by atoms with Crippen LogP contribution >= 0.6 is 15.9 Å². The lowest BCUT2D eigenvalue weighted by molar-refractivity contribution is 0.242. The Kier molecular flexibility index (Phi) is 5.48. The van der Waals surface area contributed by atoms with Crippen LogP contribution < -0.4 is 19.3 Å². The molecule has 2 N–H and O–H groups in total. The second kappa shape index (κ2) is 7.94. The van der Waals surface area contributed by atoms with Crippen LogP contribution in [0.3, 0.4) is 0 Å². The zero-order chi connectivity index (χ0) is 21.5. The molecule has 6 nitrogen and oxygen atoms in total. The van der Waals surface area contributed by atoms with Gasteiger partial charge >= 0.3 is 0 Å². The molecule has 1 aliphatic heterocycles. The first-order chi connectivity index (χ1) is 14.3. The molecule has 1 unspecified atom stereocenters. The zero-order valence-electron chi connectivity index (χ0n) is 16.4. The molecule has 3 aromatic rings. The molecule has 0 saturated carbocycles. The van der Waals surface area contributed by atoms with E-state index in [-0.39, 0.29) is 5.75 Å². The third kappa shape index (κ3) is 3.90. The fourth-order valence-electron chi connectivity index (χ4n) is 3.70. The van der Waals surface area contributed by atoms with Crippen LogP contribution in [-0.2, 0) is 15.8 Å². The normalized spacial score (nSPS) is 15.0. The monoisotopic (exact) mass is 489 g/mol. The third-order valence-corrected chi connectivity index (χ3v) is 6.36. The lowest BCUT2D eigenvalue weighted by Gasteiger charge is -2.30. The van der Waals surface area contributed by atoms with Crippen molar-refractivity contribution in [2.75, 3.05) is 14.2 Å². The van der Waals surface area contributed by atoms with Crippen LogP contribution in [0.5, 0.6) is 17.2 Å². The summed E-state index contributed by atoms with van der Waals surface area (Å²) in [5.41, 5.74) is 4.18. The molecule has 0 spiro atoms. The molecule has 4 rings (SSSR count). The van der Waals surface area contributed by atoms with E-state index in [1.165, 1.54) is 0 Å². The van der Waals surface area contributed by atoms with Crippen LogP contribution in [0.4, 0.5) is 0 Å². The number of ether oxygens (including phenoxy) is 3. The Morgan fingerprint density at radius 3 is 2.50 bits per heavy atom. The van der Waals surface area contributed by atoms with Crippen LogP contribution in [0, 0.1) is 0 Å². The SMILES string of the molecule is COc1ccc(C2Oc3cccc(Br)c3-c3ccc(CS(N)(=O)=O)cc32)cc1OC. The first-order valence-electron chi connectivity index (χ1n) is 9.11. The topological polar surface area (TPSA) is 87.9 Å². The van der Waals surface area contributed by atoms with Crippen molar-refractivity contribution in [1.82, 2.24) is 0 Å². The van der Waals surface area contributed by atoms with Gasteiger partial charge in [-0.25, -0.2) is 13.6 Å². The van der Waals surface area contributed by atoms with E-state index >= 15 is 0 Å². The van der Waals surface area contributed by atoms with Gasteiger partial charge in [-0.05, 0) is 35.4 Å². The predicted molar refractivity (Wildman–Crippen MR) is 118 cm³/mol. The third-order valence-electron chi connectivity index (χ3n) is 4.97. The Morgan fingerprint density at radius 1 is 1.03 bits per heavy atom. The zero-order valence-corrected chi connectivity index (χ0v) is 18.8. The van der Waals surface area contributed by atoms with Gasteiger partial charge in [0.25, 0.3) is 0 Å². The molecule has 1 aliphatic rings.